The van der Waals surface area contributed by atoms with E-state index in [0.717, 1.165) is 30.2 Å². The smallest absolute Gasteiger partial charge is 0.105 e. The maximum atomic E-state index is 5.63. The number of thiazole rings is 1. The van der Waals surface area contributed by atoms with E-state index >= 15 is 0 Å². The highest BCUT2D eigenvalue weighted by atomic mass is 32.1. The van der Waals surface area contributed by atoms with Crippen LogP contribution in [-0.4, -0.2) is 11.5 Å². The van der Waals surface area contributed by atoms with Crippen LogP contribution in [0.4, 0.5) is 0 Å². The molecule has 0 radical (unpaired) electrons. The topological polar surface area (TPSA) is 38.1 Å². The molecule has 2 aromatic rings. The Morgan fingerprint density at radius 2 is 2.17 bits per heavy atom. The second-order valence-corrected chi connectivity index (χ2v) is 5.51. The lowest BCUT2D eigenvalue weighted by molar-refractivity contribution is 0.484. The van der Waals surface area contributed by atoms with Gasteiger partial charge in [0.1, 0.15) is 11.5 Å². The second kappa shape index (κ2) is 5.67. The Labute approximate surface area is 112 Å². The summed E-state index contributed by atoms with van der Waals surface area (Å²) in [5.41, 5.74) is 2.35. The van der Waals surface area contributed by atoms with Gasteiger partial charge in [0.15, 0.2) is 0 Å². The van der Waals surface area contributed by atoms with Crippen LogP contribution in [0.3, 0.4) is 0 Å². The third kappa shape index (κ3) is 3.00. The van der Waals surface area contributed by atoms with E-state index in [4.69, 9.17) is 4.42 Å². The molecule has 1 atom stereocenters. The van der Waals surface area contributed by atoms with Gasteiger partial charge >= 0.3 is 0 Å². The molecule has 0 aliphatic heterocycles. The van der Waals surface area contributed by atoms with Crippen LogP contribution in [-0.2, 0) is 6.42 Å². The van der Waals surface area contributed by atoms with Crippen LogP contribution in [0.1, 0.15) is 40.8 Å². The summed E-state index contributed by atoms with van der Waals surface area (Å²) in [4.78, 5) is 4.54. The van der Waals surface area contributed by atoms with Gasteiger partial charge in [0, 0.05) is 29.1 Å². The molecule has 3 nitrogen and oxygen atoms in total. The molecule has 0 fully saturated rings. The van der Waals surface area contributed by atoms with Gasteiger partial charge in [-0.2, -0.15) is 0 Å². The number of hydrogen-bond acceptors (Lipinski definition) is 4. The lowest BCUT2D eigenvalue weighted by Gasteiger charge is -2.15. The molecule has 0 bridgehead atoms. The zero-order chi connectivity index (χ0) is 13.1. The van der Waals surface area contributed by atoms with E-state index in [2.05, 4.69) is 28.7 Å². The third-order valence-electron chi connectivity index (χ3n) is 2.95. The van der Waals surface area contributed by atoms with Gasteiger partial charge in [-0.1, -0.05) is 6.92 Å². The van der Waals surface area contributed by atoms with Crippen molar-refractivity contribution >= 4 is 11.3 Å². The van der Waals surface area contributed by atoms with E-state index in [-0.39, 0.29) is 6.04 Å². The van der Waals surface area contributed by atoms with Gasteiger partial charge in [0.2, 0.25) is 0 Å². The summed E-state index contributed by atoms with van der Waals surface area (Å²) in [5.74, 6) is 1.98. The summed E-state index contributed by atoms with van der Waals surface area (Å²) in [7, 11) is 0. The Balaban J connectivity index is 2.20. The lowest BCUT2D eigenvalue weighted by atomic mass is 10.0. The summed E-state index contributed by atoms with van der Waals surface area (Å²) >= 11 is 1.73. The van der Waals surface area contributed by atoms with E-state index in [9.17, 15) is 0 Å². The molecule has 0 saturated carbocycles. The van der Waals surface area contributed by atoms with E-state index in [0.29, 0.717) is 0 Å². The van der Waals surface area contributed by atoms with Gasteiger partial charge < -0.3 is 9.73 Å². The molecule has 1 N–H and O–H groups in total. The molecular weight excluding hydrogens is 244 g/mol. The first kappa shape index (κ1) is 13.3. The third-order valence-corrected chi connectivity index (χ3v) is 3.94. The highest BCUT2D eigenvalue weighted by Crippen LogP contribution is 2.25. The summed E-state index contributed by atoms with van der Waals surface area (Å²) in [6.45, 7) is 9.13. The maximum absolute atomic E-state index is 5.63. The first-order valence-electron chi connectivity index (χ1n) is 6.31. The van der Waals surface area contributed by atoms with Crippen LogP contribution in [0.2, 0.25) is 0 Å². The molecular formula is C14H20N2OS. The summed E-state index contributed by atoms with van der Waals surface area (Å²) in [6, 6.07) is 2.42. The number of nitrogens with one attached hydrogen (secondary N) is 1. The summed E-state index contributed by atoms with van der Waals surface area (Å²) in [6.07, 6.45) is 0.923. The molecule has 18 heavy (non-hydrogen) atoms. The minimum absolute atomic E-state index is 0.290. The molecule has 4 heteroatoms. The van der Waals surface area contributed by atoms with E-state index in [1.165, 1.54) is 10.6 Å². The molecule has 0 aromatic carbocycles. The largest absolute Gasteiger partial charge is 0.466 e. The van der Waals surface area contributed by atoms with E-state index in [1.807, 2.05) is 20.8 Å². The van der Waals surface area contributed by atoms with Crippen LogP contribution in [0.5, 0.6) is 0 Å². The van der Waals surface area contributed by atoms with Crippen molar-refractivity contribution in [2.75, 3.05) is 6.54 Å². The molecule has 2 rings (SSSR count). The Morgan fingerprint density at radius 3 is 2.67 bits per heavy atom. The van der Waals surface area contributed by atoms with Gasteiger partial charge in [-0.25, -0.2) is 4.98 Å². The number of rotatable bonds is 5. The van der Waals surface area contributed by atoms with Gasteiger partial charge in [0.05, 0.1) is 5.01 Å². The SMILES string of the molecule is CCNC(Cc1nc(C)cs1)c1cc(C)oc1C. The monoisotopic (exact) mass is 264 g/mol. The first-order chi connectivity index (χ1) is 8.60. The Kier molecular flexibility index (Phi) is 4.19. The second-order valence-electron chi connectivity index (χ2n) is 4.57. The molecule has 2 aromatic heterocycles. The molecule has 0 saturated heterocycles. The van der Waals surface area contributed by atoms with Crippen molar-refractivity contribution in [1.29, 1.82) is 0 Å². The zero-order valence-electron chi connectivity index (χ0n) is 11.4. The Morgan fingerprint density at radius 1 is 1.39 bits per heavy atom. The summed E-state index contributed by atoms with van der Waals surface area (Å²) < 4.78 is 5.63. The average Bonchev–Trinajstić information content (AvgIpc) is 2.84. The Hall–Kier alpha value is -1.13. The van der Waals surface area contributed by atoms with Crippen molar-refractivity contribution < 1.29 is 4.42 Å². The molecule has 0 aliphatic carbocycles. The number of aryl methyl sites for hydroxylation is 3. The fraction of sp³-hybridized carbons (Fsp3) is 0.500. The van der Waals surface area contributed by atoms with E-state index < -0.39 is 0 Å². The normalized spacial score (nSPS) is 12.9. The summed E-state index contributed by atoms with van der Waals surface area (Å²) in [5, 5.41) is 6.80. The molecule has 98 valence electrons. The first-order valence-corrected chi connectivity index (χ1v) is 7.19. The number of likely N-dealkylation sites (N-methyl/N-ethyl adjacent to an activating group) is 1. The van der Waals surface area contributed by atoms with Crippen LogP contribution in [0.15, 0.2) is 15.9 Å². The quantitative estimate of drug-likeness (QED) is 0.897. The van der Waals surface area contributed by atoms with Crippen LogP contribution >= 0.6 is 11.3 Å². The Bertz CT molecular complexity index is 516. The molecule has 2 heterocycles. The van der Waals surface area contributed by atoms with Crippen molar-refractivity contribution in [3.63, 3.8) is 0 Å². The van der Waals surface area contributed by atoms with Crippen molar-refractivity contribution in [2.45, 2.75) is 40.2 Å². The average molecular weight is 264 g/mol. The van der Waals surface area contributed by atoms with Gasteiger partial charge in [0.25, 0.3) is 0 Å². The minimum atomic E-state index is 0.290. The molecule has 0 aliphatic rings. The standard InChI is InChI=1S/C14H20N2OS/c1-5-15-13(7-14-16-9(2)8-18-14)12-6-10(3)17-11(12)4/h6,8,13,15H,5,7H2,1-4H3. The van der Waals surface area contributed by atoms with Gasteiger partial charge in [-0.15, -0.1) is 11.3 Å². The van der Waals surface area contributed by atoms with Crippen molar-refractivity contribution in [1.82, 2.24) is 10.3 Å². The number of furan rings is 1. The fourth-order valence-corrected chi connectivity index (χ4v) is 3.02. The van der Waals surface area contributed by atoms with Crippen LogP contribution < -0.4 is 5.32 Å². The number of hydrogen-bond donors (Lipinski definition) is 1. The van der Waals surface area contributed by atoms with Gasteiger partial charge in [-0.05, 0) is 33.4 Å². The zero-order valence-corrected chi connectivity index (χ0v) is 12.2. The van der Waals surface area contributed by atoms with Crippen molar-refractivity contribution in [2.24, 2.45) is 0 Å². The lowest BCUT2D eigenvalue weighted by Crippen LogP contribution is -2.23. The highest BCUT2D eigenvalue weighted by Gasteiger charge is 2.18. The minimum Gasteiger partial charge on any atom is -0.466 e. The van der Waals surface area contributed by atoms with E-state index in [1.54, 1.807) is 11.3 Å². The molecule has 1 unspecified atom stereocenters. The molecule has 0 spiro atoms. The highest BCUT2D eigenvalue weighted by molar-refractivity contribution is 7.09. The fourth-order valence-electron chi connectivity index (χ4n) is 2.21. The van der Waals surface area contributed by atoms with Crippen molar-refractivity contribution in [3.8, 4) is 0 Å². The van der Waals surface area contributed by atoms with Gasteiger partial charge in [-0.3, -0.25) is 0 Å². The van der Waals surface area contributed by atoms with Crippen LogP contribution in [0.25, 0.3) is 0 Å². The maximum Gasteiger partial charge on any atom is 0.105 e. The predicted octanol–water partition coefficient (Wildman–Crippen LogP) is 3.55. The number of aromatic nitrogens is 1. The van der Waals surface area contributed by atoms with Crippen LogP contribution in [0, 0.1) is 20.8 Å². The van der Waals surface area contributed by atoms with Crippen molar-refractivity contribution in [3.05, 3.63) is 39.2 Å². The predicted molar refractivity (Wildman–Crippen MR) is 75.2 cm³/mol. The number of nitrogens with zero attached hydrogens (tertiary/aromatic N) is 1. The molecule has 0 amide bonds.